The van der Waals surface area contributed by atoms with Crippen molar-refractivity contribution in [3.63, 3.8) is 0 Å². The third-order valence-electron chi connectivity index (χ3n) is 19.2. The molecule has 15 rings (SSSR count). The molecule has 94 heavy (non-hydrogen) atoms. The second kappa shape index (κ2) is 22.1. The number of nitrogens with zero attached hydrogens (tertiary/aromatic N) is 5. The summed E-state index contributed by atoms with van der Waals surface area (Å²) in [6.45, 7) is 33.5. The summed E-state index contributed by atoms with van der Waals surface area (Å²) in [5.74, 6) is 0. The quantitative estimate of drug-likeness (QED) is 0.130. The number of hydrogen-bond acceptors (Lipinski definition) is 4. The van der Waals surface area contributed by atoms with Gasteiger partial charge in [0.1, 0.15) is 5.58 Å². The molecule has 0 saturated carbocycles. The van der Waals surface area contributed by atoms with Gasteiger partial charge in [-0.3, -0.25) is 0 Å². The van der Waals surface area contributed by atoms with Gasteiger partial charge in [-0.15, -0.1) is 53.6 Å². The molecular formula is C86H86BIrN5O-2. The minimum Gasteiger partial charge on any atom is -0.500 e. The molecule has 0 amide bonds. The number of nitriles is 1. The van der Waals surface area contributed by atoms with Gasteiger partial charge < -0.3 is 23.5 Å². The Balaban J connectivity index is 0.000000481. The maximum absolute atomic E-state index is 11.4. The first kappa shape index (κ1) is 55.0. The Morgan fingerprint density at radius 1 is 0.553 bits per heavy atom. The summed E-state index contributed by atoms with van der Waals surface area (Å²) in [7, 11) is 0. The van der Waals surface area contributed by atoms with Gasteiger partial charge in [-0.2, -0.15) is 5.26 Å². The van der Waals surface area contributed by atoms with Gasteiger partial charge in [0.25, 0.3) is 6.71 Å². The molecule has 0 atom stereocenters. The predicted molar refractivity (Wildman–Crippen MR) is 394 cm³/mol. The summed E-state index contributed by atoms with van der Waals surface area (Å²) in [6, 6.07) is 55.3. The van der Waals surface area contributed by atoms with Gasteiger partial charge in [-0.25, -0.2) is 0 Å². The molecule has 8 aromatic carbocycles. The van der Waals surface area contributed by atoms with E-state index < -0.39 is 25.5 Å². The fourth-order valence-electron chi connectivity index (χ4n) is 14.2. The molecule has 1 radical (unpaired) electrons. The van der Waals surface area contributed by atoms with Crippen LogP contribution >= 0.6 is 0 Å². The molecule has 5 aromatic heterocycles. The zero-order chi connectivity index (χ0) is 72.9. The van der Waals surface area contributed by atoms with Crippen molar-refractivity contribution in [2.75, 3.05) is 0 Å². The Kier molecular flexibility index (Phi) is 12.9. The predicted octanol–water partition coefficient (Wildman–Crippen LogP) is 20.6. The maximum atomic E-state index is 11.4. The first-order valence-electron chi connectivity index (χ1n) is 36.6. The second-order valence-electron chi connectivity index (χ2n) is 32.2. The van der Waals surface area contributed by atoms with Crippen molar-refractivity contribution in [1.29, 1.82) is 5.26 Å². The van der Waals surface area contributed by atoms with E-state index in [4.69, 9.17) is 12.6 Å². The zero-order valence-corrected chi connectivity index (χ0v) is 59.8. The molecule has 2 aliphatic heterocycles. The van der Waals surface area contributed by atoms with Crippen LogP contribution in [0, 0.1) is 42.6 Å². The third-order valence-corrected chi connectivity index (χ3v) is 19.2. The molecule has 475 valence electrons. The van der Waals surface area contributed by atoms with E-state index in [1.807, 2.05) is 30.5 Å². The van der Waals surface area contributed by atoms with E-state index >= 15 is 0 Å². The van der Waals surface area contributed by atoms with Gasteiger partial charge in [0, 0.05) is 98.4 Å². The molecule has 0 aliphatic carbocycles. The summed E-state index contributed by atoms with van der Waals surface area (Å²) < 4.78 is 82.8. The Bertz CT molecular complexity index is 5510. The number of aromatic nitrogens is 4. The van der Waals surface area contributed by atoms with Crippen LogP contribution in [-0.4, -0.2) is 25.8 Å². The Hall–Kier alpha value is -8.34. The van der Waals surface area contributed by atoms with Gasteiger partial charge in [0.05, 0.1) is 28.2 Å². The first-order chi connectivity index (χ1) is 46.9. The van der Waals surface area contributed by atoms with Gasteiger partial charge in [0.15, 0.2) is 0 Å². The normalized spacial score (nSPS) is 14.9. The van der Waals surface area contributed by atoms with Crippen molar-refractivity contribution in [2.45, 2.75) is 172 Å². The van der Waals surface area contributed by atoms with Gasteiger partial charge in [-0.1, -0.05) is 190 Å². The molecular weight excluding hydrogens is 1320 g/mol. The molecule has 0 unspecified atom stereocenters. The number of benzene rings is 8. The number of furan rings is 1. The minimum atomic E-state index is -2.70. The summed E-state index contributed by atoms with van der Waals surface area (Å²) in [5, 5.41) is 16.8. The van der Waals surface area contributed by atoms with Crippen LogP contribution in [0.25, 0.3) is 111 Å². The fraction of sp³-hybridized carbons (Fsp3) is 0.314. The Morgan fingerprint density at radius 3 is 1.62 bits per heavy atom. The minimum absolute atomic E-state index is 0. The van der Waals surface area contributed by atoms with E-state index in [2.05, 4.69) is 226 Å². The molecule has 13 aromatic rings. The summed E-state index contributed by atoms with van der Waals surface area (Å²) in [6.07, 6.45) is 0.910. The van der Waals surface area contributed by atoms with Crippen LogP contribution < -0.4 is 16.4 Å². The molecule has 0 saturated heterocycles. The molecule has 0 fully saturated rings. The standard InChI is InChI=1S/C71H70BN4O.C15H16N.Ir/c1-38-18-22-47(55-26-42(35-67(3,4)5)39(2)37-74-55)65-60(38)48-23-19-40(36-73)61(66(48)77-65)41-27-58-62-59(28-41)76-57-25-21-44(69(9,10)11)30-50(57)52-32-46(71(15,16)17)34-54(64(52)76)72(62)53-33-45(70(12,13)14)31-51-49-29-43(68(6,7)8)20-24-56(49)75(58)63(51)53;1-15(2,3)13-9-10-16-14(11-13)12-7-5-4-6-8-12;/h18-21,23-34,37H,35H2,1-17H3;4-7,9-11H,1-3H3;/q2*-1;/i1D3,2D3,35D2;;. The first-order valence-corrected chi connectivity index (χ1v) is 32.6. The molecule has 8 heteroatoms. The SMILES string of the molecule is CC(C)(C)c1ccnc(-c2[c-]cccc2)c1.[2H]C([2H])([2H])c1cnc(-c2[c-]cc(C([2H])([2H])[2H])c3c2oc2c(-c4cc5c6c(c4)-n4c7ccc(C(C)(C)C)cc7c7cc(C(C)(C)C)cc(c74)B6c4cc(C(C)(C)C)cc6c7cc(C(C)(C)C)ccc7n-5c46)c(C#N)ccc23)cc1C([2H])([2H])C(C)(C)C.[Ir]. The third kappa shape index (κ3) is 10.7. The van der Waals surface area contributed by atoms with Gasteiger partial charge in [0.2, 0.25) is 0 Å². The fourth-order valence-corrected chi connectivity index (χ4v) is 14.2. The van der Waals surface area contributed by atoms with Gasteiger partial charge >= 0.3 is 0 Å². The van der Waals surface area contributed by atoms with Crippen molar-refractivity contribution < 1.29 is 35.5 Å². The maximum Gasteiger partial charge on any atom is 0.252 e. The van der Waals surface area contributed by atoms with Crippen LogP contribution in [0.4, 0.5) is 0 Å². The van der Waals surface area contributed by atoms with E-state index in [1.165, 1.54) is 67.8 Å². The number of pyridine rings is 2. The molecule has 2 aliphatic rings. The topological polar surface area (TPSA) is 72.6 Å². The molecule has 0 N–H and O–H groups in total. The van der Waals surface area contributed by atoms with Crippen molar-refractivity contribution in [3.05, 3.63) is 208 Å². The Labute approximate surface area is 581 Å². The van der Waals surface area contributed by atoms with E-state index in [9.17, 15) is 8.00 Å². The van der Waals surface area contributed by atoms with E-state index in [-0.39, 0.29) is 98.4 Å². The van der Waals surface area contributed by atoms with Crippen molar-refractivity contribution in [3.8, 4) is 51.1 Å². The van der Waals surface area contributed by atoms with Crippen LogP contribution in [0.5, 0.6) is 0 Å². The van der Waals surface area contributed by atoms with E-state index in [0.717, 1.165) is 60.9 Å². The number of aryl methyl sites for hydroxylation is 2. The van der Waals surface area contributed by atoms with Crippen molar-refractivity contribution in [1.82, 2.24) is 19.1 Å². The largest absolute Gasteiger partial charge is 0.500 e. The zero-order valence-electron chi connectivity index (χ0n) is 65.4. The average Bonchev–Trinajstić information content (AvgIpc) is 1.41. The van der Waals surface area contributed by atoms with Crippen molar-refractivity contribution in [2.24, 2.45) is 5.41 Å². The number of rotatable bonds is 4. The average molecular weight is 1420 g/mol. The molecule has 0 bridgehead atoms. The van der Waals surface area contributed by atoms with Crippen molar-refractivity contribution >= 4 is 88.7 Å². The van der Waals surface area contributed by atoms with E-state index in [1.54, 1.807) is 32.9 Å². The van der Waals surface area contributed by atoms with Crippen LogP contribution in [0.2, 0.25) is 0 Å². The molecule has 7 heterocycles. The molecule has 0 spiro atoms. The monoisotopic (exact) mass is 1420 g/mol. The van der Waals surface area contributed by atoms with Crippen LogP contribution in [-0.2, 0) is 53.6 Å². The smallest absolute Gasteiger partial charge is 0.252 e. The van der Waals surface area contributed by atoms with E-state index in [0.29, 0.717) is 22.1 Å². The van der Waals surface area contributed by atoms with Crippen LogP contribution in [0.3, 0.4) is 0 Å². The van der Waals surface area contributed by atoms with Crippen LogP contribution in [0.15, 0.2) is 150 Å². The summed E-state index contributed by atoms with van der Waals surface area (Å²) in [5.41, 5.74) is 18.5. The number of hydrogen-bond donors (Lipinski definition) is 0. The van der Waals surface area contributed by atoms with Gasteiger partial charge in [-0.05, 0) is 173 Å². The Morgan fingerprint density at radius 2 is 1.11 bits per heavy atom. The summed E-state index contributed by atoms with van der Waals surface area (Å²) in [4.78, 5) is 9.05. The summed E-state index contributed by atoms with van der Waals surface area (Å²) >= 11 is 0. The second-order valence-corrected chi connectivity index (χ2v) is 32.2. The molecule has 6 nitrogen and oxygen atoms in total. The van der Waals surface area contributed by atoms with Crippen LogP contribution in [0.1, 0.15) is 186 Å². The number of fused-ring (bicyclic) bond motifs is 13.